The molecule has 0 saturated carbocycles. The minimum atomic E-state index is -0.379. The van der Waals surface area contributed by atoms with Crippen LogP contribution in [0.1, 0.15) is 46.0 Å². The van der Waals surface area contributed by atoms with Crippen LogP contribution in [0.3, 0.4) is 0 Å². The number of hydrogen-bond acceptors (Lipinski definition) is 3. The van der Waals surface area contributed by atoms with E-state index in [9.17, 15) is 9.90 Å². The number of carbonyl (C=O) groups excluding carboxylic acids is 1. The van der Waals surface area contributed by atoms with Crippen LogP contribution in [0.5, 0.6) is 0 Å². The minimum Gasteiger partial charge on any atom is -0.462 e. The molecule has 0 fully saturated rings. The van der Waals surface area contributed by atoms with Crippen molar-refractivity contribution in [3.8, 4) is 0 Å². The lowest BCUT2D eigenvalue weighted by atomic mass is 10.1. The Hall–Kier alpha value is -0.830. The second-order valence-corrected chi connectivity index (χ2v) is 3.85. The smallest absolute Gasteiger partial charge is 0.333 e. The van der Waals surface area contributed by atoms with Gasteiger partial charge in [-0.3, -0.25) is 0 Å². The Morgan fingerprint density at radius 1 is 1.40 bits per heavy atom. The van der Waals surface area contributed by atoms with Crippen LogP contribution in [0.2, 0.25) is 0 Å². The van der Waals surface area contributed by atoms with Gasteiger partial charge in [0, 0.05) is 12.0 Å². The Kier molecular flexibility index (Phi) is 8.01. The third-order valence-corrected chi connectivity index (χ3v) is 2.17. The van der Waals surface area contributed by atoms with Crippen molar-refractivity contribution in [1.82, 2.24) is 0 Å². The summed E-state index contributed by atoms with van der Waals surface area (Å²) in [4.78, 5) is 11.0. The van der Waals surface area contributed by atoms with E-state index in [4.69, 9.17) is 4.74 Å². The summed E-state index contributed by atoms with van der Waals surface area (Å²) in [5, 5.41) is 9.51. The van der Waals surface area contributed by atoms with E-state index in [1.165, 1.54) is 0 Å². The quantitative estimate of drug-likeness (QED) is 0.383. The zero-order valence-electron chi connectivity index (χ0n) is 9.79. The number of ether oxygens (including phenoxy) is 1. The van der Waals surface area contributed by atoms with Crippen LogP contribution in [0.4, 0.5) is 0 Å². The SMILES string of the molecule is C=C(C)C(=O)OCCC(O)CCCCC. The summed E-state index contributed by atoms with van der Waals surface area (Å²) < 4.78 is 4.88. The van der Waals surface area contributed by atoms with Crippen LogP contribution >= 0.6 is 0 Å². The van der Waals surface area contributed by atoms with Gasteiger partial charge in [-0.2, -0.15) is 0 Å². The molecule has 88 valence electrons. The van der Waals surface area contributed by atoms with Gasteiger partial charge in [-0.15, -0.1) is 0 Å². The lowest BCUT2D eigenvalue weighted by Crippen LogP contribution is -2.13. The van der Waals surface area contributed by atoms with E-state index in [-0.39, 0.29) is 18.7 Å². The average Bonchev–Trinajstić information content (AvgIpc) is 2.18. The van der Waals surface area contributed by atoms with Crippen LogP contribution in [0.15, 0.2) is 12.2 Å². The Morgan fingerprint density at radius 2 is 2.07 bits per heavy atom. The van der Waals surface area contributed by atoms with Crippen molar-refractivity contribution in [2.45, 2.75) is 52.1 Å². The van der Waals surface area contributed by atoms with Crippen molar-refractivity contribution in [2.75, 3.05) is 6.61 Å². The molecule has 15 heavy (non-hydrogen) atoms. The summed E-state index contributed by atoms with van der Waals surface area (Å²) in [6.07, 6.45) is 4.28. The van der Waals surface area contributed by atoms with Crippen molar-refractivity contribution < 1.29 is 14.6 Å². The highest BCUT2D eigenvalue weighted by Crippen LogP contribution is 2.06. The predicted octanol–water partition coefficient (Wildman–Crippen LogP) is 2.44. The summed E-state index contributed by atoms with van der Waals surface area (Å²) >= 11 is 0. The van der Waals surface area contributed by atoms with Crippen LogP contribution in [0.25, 0.3) is 0 Å². The first-order valence-electron chi connectivity index (χ1n) is 5.58. The van der Waals surface area contributed by atoms with Crippen LogP contribution in [-0.2, 0) is 9.53 Å². The van der Waals surface area contributed by atoms with Gasteiger partial charge in [0.15, 0.2) is 0 Å². The Labute approximate surface area is 92.1 Å². The van der Waals surface area contributed by atoms with Gasteiger partial charge in [0.05, 0.1) is 12.7 Å². The van der Waals surface area contributed by atoms with Crippen molar-refractivity contribution in [3.63, 3.8) is 0 Å². The van der Waals surface area contributed by atoms with E-state index in [1.54, 1.807) is 6.92 Å². The van der Waals surface area contributed by atoms with E-state index in [0.29, 0.717) is 12.0 Å². The van der Waals surface area contributed by atoms with Gasteiger partial charge in [0.2, 0.25) is 0 Å². The molecule has 0 heterocycles. The van der Waals surface area contributed by atoms with Crippen LogP contribution in [-0.4, -0.2) is 23.8 Å². The van der Waals surface area contributed by atoms with Gasteiger partial charge in [-0.1, -0.05) is 32.8 Å². The van der Waals surface area contributed by atoms with Gasteiger partial charge >= 0.3 is 5.97 Å². The molecule has 0 aliphatic carbocycles. The highest BCUT2D eigenvalue weighted by Gasteiger charge is 2.06. The minimum absolute atomic E-state index is 0.277. The molecule has 3 heteroatoms. The number of hydrogen-bond donors (Lipinski definition) is 1. The first kappa shape index (κ1) is 14.2. The molecule has 0 rings (SSSR count). The van der Waals surface area contributed by atoms with E-state index in [2.05, 4.69) is 13.5 Å². The molecular formula is C12H22O3. The summed E-state index contributed by atoms with van der Waals surface area (Å²) in [7, 11) is 0. The number of rotatable bonds is 8. The van der Waals surface area contributed by atoms with Gasteiger partial charge in [0.1, 0.15) is 0 Å². The molecule has 0 aliphatic heterocycles. The molecule has 1 N–H and O–H groups in total. The molecule has 1 atom stereocenters. The van der Waals surface area contributed by atoms with Crippen molar-refractivity contribution >= 4 is 5.97 Å². The highest BCUT2D eigenvalue weighted by molar-refractivity contribution is 5.86. The third-order valence-electron chi connectivity index (χ3n) is 2.17. The molecule has 0 radical (unpaired) electrons. The molecule has 0 aliphatic rings. The highest BCUT2D eigenvalue weighted by atomic mass is 16.5. The molecule has 0 saturated heterocycles. The third kappa shape index (κ3) is 8.18. The fraction of sp³-hybridized carbons (Fsp3) is 0.750. The zero-order chi connectivity index (χ0) is 11.7. The number of esters is 1. The zero-order valence-corrected chi connectivity index (χ0v) is 9.79. The largest absolute Gasteiger partial charge is 0.462 e. The molecule has 0 aromatic carbocycles. The maximum atomic E-state index is 11.0. The van der Waals surface area contributed by atoms with Gasteiger partial charge in [0.25, 0.3) is 0 Å². The first-order chi connectivity index (χ1) is 7.07. The fourth-order valence-electron chi connectivity index (χ4n) is 1.19. The molecule has 0 amide bonds. The molecule has 0 aromatic heterocycles. The van der Waals surface area contributed by atoms with Gasteiger partial charge < -0.3 is 9.84 Å². The lowest BCUT2D eigenvalue weighted by molar-refractivity contribution is -0.139. The topological polar surface area (TPSA) is 46.5 Å². The number of carbonyl (C=O) groups is 1. The summed E-state index contributed by atoms with van der Waals surface area (Å²) in [6, 6.07) is 0. The molecular weight excluding hydrogens is 192 g/mol. The van der Waals surface area contributed by atoms with E-state index >= 15 is 0 Å². The lowest BCUT2D eigenvalue weighted by Gasteiger charge is -2.10. The average molecular weight is 214 g/mol. The molecule has 1 unspecified atom stereocenters. The van der Waals surface area contributed by atoms with E-state index in [1.807, 2.05) is 0 Å². The number of unbranched alkanes of at least 4 members (excludes halogenated alkanes) is 2. The van der Waals surface area contributed by atoms with Crippen molar-refractivity contribution in [3.05, 3.63) is 12.2 Å². The van der Waals surface area contributed by atoms with Gasteiger partial charge in [-0.05, 0) is 13.3 Å². The maximum Gasteiger partial charge on any atom is 0.333 e. The van der Waals surface area contributed by atoms with E-state index in [0.717, 1.165) is 25.7 Å². The summed E-state index contributed by atoms with van der Waals surface area (Å²) in [5.74, 6) is -0.379. The van der Waals surface area contributed by atoms with Crippen LogP contribution in [0, 0.1) is 0 Å². The number of aliphatic hydroxyl groups is 1. The Bertz CT molecular complexity index is 199. The first-order valence-corrected chi connectivity index (χ1v) is 5.58. The maximum absolute atomic E-state index is 11.0. The fourth-order valence-corrected chi connectivity index (χ4v) is 1.19. The Morgan fingerprint density at radius 3 is 2.60 bits per heavy atom. The Balaban J connectivity index is 3.42. The molecule has 0 spiro atoms. The predicted molar refractivity (Wildman–Crippen MR) is 60.5 cm³/mol. The molecule has 0 aromatic rings. The summed E-state index contributed by atoms with van der Waals surface area (Å²) in [6.45, 7) is 7.49. The standard InChI is InChI=1S/C12H22O3/c1-4-5-6-7-11(13)8-9-15-12(14)10(2)3/h11,13H,2,4-9H2,1,3H3. The number of aliphatic hydroxyl groups excluding tert-OH is 1. The monoisotopic (exact) mass is 214 g/mol. The summed E-state index contributed by atoms with van der Waals surface area (Å²) in [5.41, 5.74) is 0.399. The van der Waals surface area contributed by atoms with Crippen molar-refractivity contribution in [1.29, 1.82) is 0 Å². The van der Waals surface area contributed by atoms with E-state index < -0.39 is 0 Å². The van der Waals surface area contributed by atoms with Crippen molar-refractivity contribution in [2.24, 2.45) is 0 Å². The normalized spacial score (nSPS) is 12.2. The second kappa shape index (κ2) is 8.48. The van der Waals surface area contributed by atoms with Crippen LogP contribution < -0.4 is 0 Å². The van der Waals surface area contributed by atoms with Gasteiger partial charge in [-0.25, -0.2) is 4.79 Å². The molecule has 3 nitrogen and oxygen atoms in total. The molecule has 0 bridgehead atoms. The second-order valence-electron chi connectivity index (χ2n) is 3.85.